The van der Waals surface area contributed by atoms with Gasteiger partial charge in [0.15, 0.2) is 9.84 Å². The van der Waals surface area contributed by atoms with Crippen LogP contribution in [0.3, 0.4) is 0 Å². The molecule has 2 aromatic carbocycles. The predicted molar refractivity (Wildman–Crippen MR) is 136 cm³/mol. The molecule has 0 amide bonds. The molecule has 6 nitrogen and oxygen atoms in total. The first-order chi connectivity index (χ1) is 16.0. The number of carbonyl (C=O) groups is 1. The zero-order chi connectivity index (χ0) is 24.5. The maximum Gasteiger partial charge on any atom is 0.419 e. The van der Waals surface area contributed by atoms with E-state index in [1.807, 2.05) is 57.3 Å². The maximum absolute atomic E-state index is 12.8. The van der Waals surface area contributed by atoms with Crippen molar-refractivity contribution < 1.29 is 17.9 Å². The first-order valence-electron chi connectivity index (χ1n) is 11.9. The van der Waals surface area contributed by atoms with Crippen LogP contribution in [0.5, 0.6) is 0 Å². The highest BCUT2D eigenvalue weighted by Gasteiger charge is 2.26. The highest BCUT2D eigenvalue weighted by atomic mass is 32.2. The van der Waals surface area contributed by atoms with Crippen molar-refractivity contribution in [3.8, 4) is 0 Å². The summed E-state index contributed by atoms with van der Waals surface area (Å²) in [6.45, 7) is 9.90. The van der Waals surface area contributed by atoms with Gasteiger partial charge in [-0.2, -0.15) is 0 Å². The molecule has 1 aliphatic heterocycles. The first kappa shape index (κ1) is 24.5. The van der Waals surface area contributed by atoms with Crippen molar-refractivity contribution in [3.05, 3.63) is 71.4 Å². The van der Waals surface area contributed by atoms with Gasteiger partial charge in [-0.05, 0) is 62.4 Å². The lowest BCUT2D eigenvalue weighted by molar-refractivity contribution is 0.0544. The van der Waals surface area contributed by atoms with Crippen molar-refractivity contribution in [3.63, 3.8) is 0 Å². The number of rotatable bonds is 6. The summed E-state index contributed by atoms with van der Waals surface area (Å²) in [5.41, 5.74) is 3.45. The van der Waals surface area contributed by atoms with Gasteiger partial charge in [0.1, 0.15) is 5.60 Å². The van der Waals surface area contributed by atoms with Crippen LogP contribution in [0.15, 0.2) is 54.7 Å². The lowest BCUT2D eigenvalue weighted by atomic mass is 9.97. The summed E-state index contributed by atoms with van der Waals surface area (Å²) in [6, 6.07) is 15.9. The number of hydrogen-bond acceptors (Lipinski definition) is 5. The highest BCUT2D eigenvalue weighted by molar-refractivity contribution is 7.90. The fourth-order valence-corrected chi connectivity index (χ4v) is 5.51. The number of nitrogens with zero attached hydrogens (tertiary/aromatic N) is 2. The lowest BCUT2D eigenvalue weighted by Gasteiger charge is -2.19. The van der Waals surface area contributed by atoms with E-state index >= 15 is 0 Å². The molecule has 1 saturated heterocycles. The fraction of sp³-hybridized carbons (Fsp3) is 0.444. The summed E-state index contributed by atoms with van der Waals surface area (Å²) >= 11 is 0. The topological polar surface area (TPSA) is 68.6 Å². The van der Waals surface area contributed by atoms with Crippen molar-refractivity contribution in [1.29, 1.82) is 0 Å². The van der Waals surface area contributed by atoms with E-state index in [0.29, 0.717) is 5.92 Å². The van der Waals surface area contributed by atoms with Crippen molar-refractivity contribution in [2.75, 3.05) is 18.8 Å². The number of ether oxygens (including phenoxy) is 1. The number of aromatic nitrogens is 1. The molecular weight excluding hydrogens is 448 g/mol. The van der Waals surface area contributed by atoms with Gasteiger partial charge in [-0.15, -0.1) is 0 Å². The molecule has 0 bridgehead atoms. The minimum atomic E-state index is -3.05. The minimum absolute atomic E-state index is 0.0952. The molecule has 3 aromatic rings. The van der Waals surface area contributed by atoms with Gasteiger partial charge in [0.05, 0.1) is 11.3 Å². The van der Waals surface area contributed by atoms with Gasteiger partial charge in [-0.25, -0.2) is 13.2 Å². The summed E-state index contributed by atoms with van der Waals surface area (Å²) in [5.74, 6) is 0.618. The molecule has 1 aromatic heterocycles. The van der Waals surface area contributed by atoms with Crippen molar-refractivity contribution in [2.24, 2.45) is 0 Å². The van der Waals surface area contributed by atoms with Gasteiger partial charge in [-0.3, -0.25) is 9.47 Å². The van der Waals surface area contributed by atoms with Gasteiger partial charge in [0, 0.05) is 30.4 Å². The van der Waals surface area contributed by atoms with Crippen LogP contribution in [0.1, 0.15) is 56.7 Å². The van der Waals surface area contributed by atoms with Crippen LogP contribution in [0.2, 0.25) is 0 Å². The molecule has 1 unspecified atom stereocenters. The smallest absolute Gasteiger partial charge is 0.419 e. The van der Waals surface area contributed by atoms with E-state index < -0.39 is 15.4 Å². The zero-order valence-electron chi connectivity index (χ0n) is 20.5. The third-order valence-electron chi connectivity index (χ3n) is 6.30. The molecule has 1 fully saturated rings. The Morgan fingerprint density at radius 3 is 2.62 bits per heavy atom. The fourth-order valence-electron chi connectivity index (χ4n) is 4.62. The quantitative estimate of drug-likeness (QED) is 0.474. The second-order valence-electron chi connectivity index (χ2n) is 10.2. The zero-order valence-corrected chi connectivity index (χ0v) is 21.3. The summed E-state index contributed by atoms with van der Waals surface area (Å²) in [4.78, 5) is 15.2. The average Bonchev–Trinajstić information content (AvgIpc) is 3.38. The van der Waals surface area contributed by atoms with Crippen molar-refractivity contribution >= 4 is 26.8 Å². The van der Waals surface area contributed by atoms with E-state index in [0.717, 1.165) is 48.1 Å². The van der Waals surface area contributed by atoms with Crippen LogP contribution in [-0.2, 0) is 26.9 Å². The van der Waals surface area contributed by atoms with Gasteiger partial charge in [0.2, 0.25) is 0 Å². The standard InChI is InChI=1S/C27H34N2O4S/c1-5-34(31,32)19-20-9-8-10-21(15-20)22-13-14-28(16-22)17-23-18-29(26(30)33-27(2,3)4)25-12-7-6-11-24(23)25/h6-12,15,18,22H,5,13-14,16-17,19H2,1-4H3. The van der Waals surface area contributed by atoms with E-state index in [4.69, 9.17) is 4.74 Å². The van der Waals surface area contributed by atoms with Crippen LogP contribution in [0.25, 0.3) is 10.9 Å². The van der Waals surface area contributed by atoms with E-state index in [-0.39, 0.29) is 17.6 Å². The molecule has 0 spiro atoms. The Bertz CT molecular complexity index is 1290. The van der Waals surface area contributed by atoms with Crippen LogP contribution in [0, 0.1) is 0 Å². The second-order valence-corrected chi connectivity index (χ2v) is 12.5. The SMILES string of the molecule is CCS(=O)(=O)Cc1cccc(C2CCN(Cc3cn(C(=O)OC(C)(C)C)c4ccccc34)C2)c1. The molecule has 1 aliphatic rings. The number of para-hydroxylation sites is 1. The summed E-state index contributed by atoms with van der Waals surface area (Å²) < 4.78 is 31.3. The highest BCUT2D eigenvalue weighted by Crippen LogP contribution is 2.31. The summed E-state index contributed by atoms with van der Waals surface area (Å²) in [7, 11) is -3.05. The largest absolute Gasteiger partial charge is 0.443 e. The van der Waals surface area contributed by atoms with E-state index in [1.165, 1.54) is 5.56 Å². The molecular formula is C27H34N2O4S. The Kier molecular flexibility index (Phi) is 6.87. The normalized spacial score (nSPS) is 17.4. The maximum atomic E-state index is 12.8. The summed E-state index contributed by atoms with van der Waals surface area (Å²) in [5, 5.41) is 1.06. The van der Waals surface area contributed by atoms with Gasteiger partial charge < -0.3 is 4.74 Å². The Morgan fingerprint density at radius 2 is 1.88 bits per heavy atom. The Labute approximate surface area is 202 Å². The summed E-state index contributed by atoms with van der Waals surface area (Å²) in [6.07, 6.45) is 2.56. The Balaban J connectivity index is 1.50. The third kappa shape index (κ3) is 5.70. The van der Waals surface area contributed by atoms with Crippen LogP contribution >= 0.6 is 0 Å². The molecule has 2 heterocycles. The average molecular weight is 483 g/mol. The lowest BCUT2D eigenvalue weighted by Crippen LogP contribution is -2.26. The minimum Gasteiger partial charge on any atom is -0.443 e. The number of benzene rings is 2. The molecule has 1 atom stereocenters. The van der Waals surface area contributed by atoms with Crippen LogP contribution < -0.4 is 0 Å². The number of carbonyl (C=O) groups excluding carboxylic acids is 1. The predicted octanol–water partition coefficient (Wildman–Crippen LogP) is 5.35. The molecule has 34 heavy (non-hydrogen) atoms. The van der Waals surface area contributed by atoms with Gasteiger partial charge >= 0.3 is 6.09 Å². The third-order valence-corrected chi connectivity index (χ3v) is 7.95. The molecule has 4 rings (SSSR count). The molecule has 0 radical (unpaired) electrons. The van der Waals surface area contributed by atoms with E-state index in [1.54, 1.807) is 11.5 Å². The van der Waals surface area contributed by atoms with Crippen molar-refractivity contribution in [1.82, 2.24) is 9.47 Å². The van der Waals surface area contributed by atoms with Crippen LogP contribution in [-0.4, -0.2) is 48.4 Å². The Morgan fingerprint density at radius 1 is 1.12 bits per heavy atom. The first-order valence-corrected chi connectivity index (χ1v) is 13.7. The number of fused-ring (bicyclic) bond motifs is 1. The monoisotopic (exact) mass is 482 g/mol. The molecule has 0 N–H and O–H groups in total. The van der Waals surface area contributed by atoms with E-state index in [2.05, 4.69) is 23.1 Å². The number of sulfone groups is 1. The van der Waals surface area contributed by atoms with E-state index in [9.17, 15) is 13.2 Å². The second kappa shape index (κ2) is 9.55. The van der Waals surface area contributed by atoms with Gasteiger partial charge in [-0.1, -0.05) is 49.4 Å². The van der Waals surface area contributed by atoms with Crippen LogP contribution in [0.4, 0.5) is 4.79 Å². The number of likely N-dealkylation sites (tertiary alicyclic amines) is 1. The molecule has 0 saturated carbocycles. The number of hydrogen-bond donors (Lipinski definition) is 0. The molecule has 7 heteroatoms. The Hall–Kier alpha value is -2.64. The molecule has 182 valence electrons. The van der Waals surface area contributed by atoms with Gasteiger partial charge in [0.25, 0.3) is 0 Å². The molecule has 0 aliphatic carbocycles. The van der Waals surface area contributed by atoms with Crippen molar-refractivity contribution in [2.45, 2.75) is 57.9 Å².